The number of aromatic nitrogens is 2. The normalized spacial score (nSPS) is 15.4. The highest BCUT2D eigenvalue weighted by molar-refractivity contribution is 5.65. The molecule has 2 aromatic rings. The maximum Gasteiger partial charge on any atom is 0.241 e. The molecule has 0 spiro atoms. The average molecular weight is 361 g/mol. The fourth-order valence-electron chi connectivity index (χ4n) is 3.55. The largest absolute Gasteiger partial charge is 0.497 e. The molecular formula is C19H27N3O4. The highest BCUT2D eigenvalue weighted by Crippen LogP contribution is 2.32. The van der Waals surface area contributed by atoms with Gasteiger partial charge in [0.1, 0.15) is 11.5 Å². The predicted octanol–water partition coefficient (Wildman–Crippen LogP) is 2.88. The number of rotatable bonds is 8. The van der Waals surface area contributed by atoms with E-state index in [-0.39, 0.29) is 6.61 Å². The molecule has 0 aliphatic heterocycles. The minimum Gasteiger partial charge on any atom is -0.497 e. The number of nitrogens with zero attached hydrogens (tertiary/aromatic N) is 3. The molecule has 0 atom stereocenters. The molecule has 0 radical (unpaired) electrons. The highest BCUT2D eigenvalue weighted by Gasteiger charge is 2.23. The summed E-state index contributed by atoms with van der Waals surface area (Å²) in [6.45, 7) is 1.30. The molecule has 7 heteroatoms. The summed E-state index contributed by atoms with van der Waals surface area (Å²) in [4.78, 5) is 6.79. The third-order valence-electron chi connectivity index (χ3n) is 4.93. The van der Waals surface area contributed by atoms with Gasteiger partial charge in [-0.05, 0) is 25.0 Å². The molecule has 1 aromatic heterocycles. The van der Waals surface area contributed by atoms with E-state index in [4.69, 9.17) is 14.0 Å². The Hall–Kier alpha value is -2.12. The Labute approximate surface area is 153 Å². The fraction of sp³-hybridized carbons (Fsp3) is 0.579. The van der Waals surface area contributed by atoms with Gasteiger partial charge in [-0.3, -0.25) is 4.90 Å². The van der Waals surface area contributed by atoms with Crippen molar-refractivity contribution >= 4 is 0 Å². The van der Waals surface area contributed by atoms with Gasteiger partial charge in [-0.1, -0.05) is 24.4 Å². The van der Waals surface area contributed by atoms with Crippen molar-refractivity contribution in [2.75, 3.05) is 27.4 Å². The van der Waals surface area contributed by atoms with Gasteiger partial charge >= 0.3 is 0 Å². The summed E-state index contributed by atoms with van der Waals surface area (Å²) in [7, 11) is 3.22. The number of aliphatic hydroxyl groups is 1. The second kappa shape index (κ2) is 9.00. The Kier molecular flexibility index (Phi) is 6.46. The Morgan fingerprint density at radius 2 is 2.00 bits per heavy atom. The van der Waals surface area contributed by atoms with Gasteiger partial charge in [0.05, 0.1) is 32.9 Å². The van der Waals surface area contributed by atoms with Crippen LogP contribution in [0.5, 0.6) is 11.5 Å². The van der Waals surface area contributed by atoms with Crippen molar-refractivity contribution in [1.82, 2.24) is 15.0 Å². The van der Waals surface area contributed by atoms with E-state index in [1.165, 1.54) is 19.3 Å². The number of aliphatic hydroxyl groups excluding tert-OH is 1. The van der Waals surface area contributed by atoms with Crippen LogP contribution in [0.2, 0.25) is 0 Å². The molecule has 0 saturated heterocycles. The number of ether oxygens (including phenoxy) is 2. The number of hydrogen-bond donors (Lipinski definition) is 1. The lowest BCUT2D eigenvalue weighted by Crippen LogP contribution is -2.38. The topological polar surface area (TPSA) is 80.9 Å². The lowest BCUT2D eigenvalue weighted by atomic mass is 9.94. The lowest BCUT2D eigenvalue weighted by molar-refractivity contribution is 0.105. The molecule has 0 amide bonds. The van der Waals surface area contributed by atoms with Crippen LogP contribution >= 0.6 is 0 Å². The highest BCUT2D eigenvalue weighted by atomic mass is 16.5. The molecule has 1 aliphatic rings. The summed E-state index contributed by atoms with van der Waals surface area (Å²) < 4.78 is 16.1. The van der Waals surface area contributed by atoms with Crippen LogP contribution in [0, 0.1) is 0 Å². The van der Waals surface area contributed by atoms with E-state index in [1.54, 1.807) is 20.3 Å². The maximum absolute atomic E-state index is 9.41. The van der Waals surface area contributed by atoms with E-state index >= 15 is 0 Å². The molecule has 1 aliphatic carbocycles. The molecule has 1 aromatic carbocycles. The monoisotopic (exact) mass is 361 g/mol. The number of hydrogen-bond acceptors (Lipinski definition) is 7. The molecule has 26 heavy (non-hydrogen) atoms. The molecule has 1 fully saturated rings. The summed E-state index contributed by atoms with van der Waals surface area (Å²) in [6.07, 6.45) is 6.10. The zero-order valence-corrected chi connectivity index (χ0v) is 15.5. The third kappa shape index (κ3) is 4.34. The fourth-order valence-corrected chi connectivity index (χ4v) is 3.55. The minimum absolute atomic E-state index is 0.129. The first-order chi connectivity index (χ1) is 12.7. The second-order valence-corrected chi connectivity index (χ2v) is 6.56. The van der Waals surface area contributed by atoms with Crippen LogP contribution in [-0.2, 0) is 6.54 Å². The summed E-state index contributed by atoms with van der Waals surface area (Å²) in [5, 5.41) is 13.5. The van der Waals surface area contributed by atoms with Gasteiger partial charge in [0, 0.05) is 18.7 Å². The Morgan fingerprint density at radius 3 is 2.69 bits per heavy atom. The standard InChI is InChI=1S/C19H27N3O4/c1-24-15-8-9-16(17(12-15)25-2)19-20-18(26-21-19)13-22(10-11-23)14-6-4-3-5-7-14/h8-9,12,14,23H,3-7,10-11,13H2,1-2H3. The molecule has 1 N–H and O–H groups in total. The first-order valence-corrected chi connectivity index (χ1v) is 9.15. The third-order valence-corrected chi connectivity index (χ3v) is 4.93. The molecule has 0 unspecified atom stereocenters. The molecule has 1 heterocycles. The van der Waals surface area contributed by atoms with Gasteiger partial charge in [0.15, 0.2) is 0 Å². The van der Waals surface area contributed by atoms with Crippen LogP contribution in [-0.4, -0.2) is 53.6 Å². The molecule has 7 nitrogen and oxygen atoms in total. The Balaban J connectivity index is 1.76. The van der Waals surface area contributed by atoms with Gasteiger partial charge in [-0.2, -0.15) is 4.98 Å². The van der Waals surface area contributed by atoms with Crippen LogP contribution < -0.4 is 9.47 Å². The van der Waals surface area contributed by atoms with Gasteiger partial charge in [-0.25, -0.2) is 0 Å². The van der Waals surface area contributed by atoms with Gasteiger partial charge in [0.2, 0.25) is 11.7 Å². The van der Waals surface area contributed by atoms with Crippen molar-refractivity contribution in [1.29, 1.82) is 0 Å². The first kappa shape index (κ1) is 18.7. The average Bonchev–Trinajstić information content (AvgIpc) is 3.16. The molecule has 142 valence electrons. The van der Waals surface area contributed by atoms with E-state index in [0.29, 0.717) is 42.3 Å². The minimum atomic E-state index is 0.129. The zero-order chi connectivity index (χ0) is 18.4. The van der Waals surface area contributed by atoms with E-state index in [1.807, 2.05) is 12.1 Å². The Morgan fingerprint density at radius 1 is 1.19 bits per heavy atom. The van der Waals surface area contributed by atoms with Crippen LogP contribution in [0.4, 0.5) is 0 Å². The van der Waals surface area contributed by atoms with Crippen molar-refractivity contribution in [3.8, 4) is 22.9 Å². The van der Waals surface area contributed by atoms with Crippen molar-refractivity contribution in [3.63, 3.8) is 0 Å². The van der Waals surface area contributed by atoms with Gasteiger partial charge in [-0.15, -0.1) is 0 Å². The van der Waals surface area contributed by atoms with E-state index in [9.17, 15) is 5.11 Å². The second-order valence-electron chi connectivity index (χ2n) is 6.56. The zero-order valence-electron chi connectivity index (χ0n) is 15.5. The van der Waals surface area contributed by atoms with Crippen molar-refractivity contribution in [2.24, 2.45) is 0 Å². The van der Waals surface area contributed by atoms with Crippen LogP contribution in [0.25, 0.3) is 11.4 Å². The van der Waals surface area contributed by atoms with E-state index < -0.39 is 0 Å². The number of methoxy groups -OCH3 is 2. The smallest absolute Gasteiger partial charge is 0.241 e. The summed E-state index contributed by atoms with van der Waals surface area (Å²) in [6, 6.07) is 5.97. The van der Waals surface area contributed by atoms with Crippen LogP contribution in [0.1, 0.15) is 38.0 Å². The van der Waals surface area contributed by atoms with Crippen molar-refractivity contribution in [3.05, 3.63) is 24.1 Å². The summed E-state index contributed by atoms with van der Waals surface area (Å²) >= 11 is 0. The quantitative estimate of drug-likeness (QED) is 0.774. The van der Waals surface area contributed by atoms with Crippen molar-refractivity contribution in [2.45, 2.75) is 44.7 Å². The predicted molar refractivity (Wildman–Crippen MR) is 97.2 cm³/mol. The Bertz CT molecular complexity index is 698. The lowest BCUT2D eigenvalue weighted by Gasteiger charge is -2.32. The summed E-state index contributed by atoms with van der Waals surface area (Å²) in [5.74, 6) is 2.39. The van der Waals surface area contributed by atoms with E-state index in [0.717, 1.165) is 18.4 Å². The molecule has 1 saturated carbocycles. The van der Waals surface area contributed by atoms with Gasteiger partial charge < -0.3 is 19.1 Å². The first-order valence-electron chi connectivity index (χ1n) is 9.15. The van der Waals surface area contributed by atoms with E-state index in [2.05, 4.69) is 15.0 Å². The molecule has 0 bridgehead atoms. The summed E-state index contributed by atoms with van der Waals surface area (Å²) in [5.41, 5.74) is 0.759. The molecule has 3 rings (SSSR count). The van der Waals surface area contributed by atoms with Gasteiger partial charge in [0.25, 0.3) is 0 Å². The SMILES string of the molecule is COc1ccc(-c2noc(CN(CCO)C3CCCCC3)n2)c(OC)c1. The van der Waals surface area contributed by atoms with Crippen LogP contribution in [0.15, 0.2) is 22.7 Å². The molecular weight excluding hydrogens is 334 g/mol. The number of benzene rings is 1. The van der Waals surface area contributed by atoms with Crippen LogP contribution in [0.3, 0.4) is 0 Å². The maximum atomic E-state index is 9.41. The van der Waals surface area contributed by atoms with Crippen molar-refractivity contribution < 1.29 is 19.1 Å².